The first-order chi connectivity index (χ1) is 8.95. The molecule has 0 radical (unpaired) electrons. The summed E-state index contributed by atoms with van der Waals surface area (Å²) >= 11 is 7.90. The van der Waals surface area contributed by atoms with Gasteiger partial charge in [0.25, 0.3) is 0 Å². The Balaban J connectivity index is 1.72. The van der Waals surface area contributed by atoms with Crippen LogP contribution in [0.3, 0.4) is 0 Å². The van der Waals surface area contributed by atoms with E-state index in [1.54, 1.807) is 11.3 Å². The van der Waals surface area contributed by atoms with Gasteiger partial charge in [0.05, 0.1) is 5.69 Å². The first-order valence-electron chi connectivity index (χ1n) is 7.25. The molecule has 0 spiro atoms. The highest BCUT2D eigenvalue weighted by Gasteiger charge is 2.20. The Kier molecular flexibility index (Phi) is 5.27. The van der Waals surface area contributed by atoms with E-state index in [4.69, 9.17) is 16.6 Å². The highest BCUT2D eigenvalue weighted by atomic mass is 35.5. The maximum atomic E-state index is 6.13. The van der Waals surface area contributed by atoms with Crippen molar-refractivity contribution in [2.45, 2.75) is 63.8 Å². The third kappa shape index (κ3) is 4.73. The average molecular weight is 301 g/mol. The minimum atomic E-state index is 0.160. The van der Waals surface area contributed by atoms with Crippen molar-refractivity contribution >= 4 is 22.9 Å². The van der Waals surface area contributed by atoms with E-state index in [0.717, 1.165) is 19.0 Å². The van der Waals surface area contributed by atoms with Gasteiger partial charge in [-0.25, -0.2) is 4.98 Å². The molecule has 0 amide bonds. The molecule has 0 saturated heterocycles. The van der Waals surface area contributed by atoms with Gasteiger partial charge in [0, 0.05) is 22.7 Å². The second-order valence-electron chi connectivity index (χ2n) is 6.63. The maximum absolute atomic E-state index is 6.13. The lowest BCUT2D eigenvalue weighted by molar-refractivity contribution is 0.345. The fourth-order valence-corrected chi connectivity index (χ4v) is 3.69. The van der Waals surface area contributed by atoms with Crippen LogP contribution in [-0.4, -0.2) is 16.9 Å². The predicted octanol–water partition coefficient (Wildman–Crippen LogP) is 4.33. The summed E-state index contributed by atoms with van der Waals surface area (Å²) in [6.45, 7) is 8.65. The van der Waals surface area contributed by atoms with Gasteiger partial charge in [0.2, 0.25) is 0 Å². The lowest BCUT2D eigenvalue weighted by Gasteiger charge is -2.24. The minimum Gasteiger partial charge on any atom is -0.310 e. The molecule has 4 heteroatoms. The van der Waals surface area contributed by atoms with E-state index in [9.17, 15) is 0 Å². The Morgan fingerprint density at radius 2 is 2.00 bits per heavy atom. The minimum absolute atomic E-state index is 0.160. The quantitative estimate of drug-likeness (QED) is 0.837. The van der Waals surface area contributed by atoms with Crippen molar-refractivity contribution in [1.82, 2.24) is 10.3 Å². The molecule has 0 aliphatic heterocycles. The Bertz CT molecular complexity index is 389. The fourth-order valence-electron chi connectivity index (χ4n) is 2.45. The second kappa shape index (κ2) is 6.55. The molecule has 1 heterocycles. The summed E-state index contributed by atoms with van der Waals surface area (Å²) in [5.74, 6) is 0.803. The number of alkyl halides is 1. The lowest BCUT2D eigenvalue weighted by atomic mass is 9.89. The van der Waals surface area contributed by atoms with Crippen LogP contribution in [0.2, 0.25) is 0 Å². The van der Waals surface area contributed by atoms with Gasteiger partial charge in [-0.2, -0.15) is 0 Å². The standard InChI is InChI=1S/C15H25ClN2S/c1-15(2,3)13-10-19-14(18-13)9-17-8-11-4-6-12(16)7-5-11/h10-12,17H,4-9H2,1-3H3. The number of nitrogens with zero attached hydrogens (tertiary/aromatic N) is 1. The molecular formula is C15H25ClN2S. The summed E-state index contributed by atoms with van der Waals surface area (Å²) in [5, 5.41) is 7.37. The molecule has 1 aromatic heterocycles. The van der Waals surface area contributed by atoms with E-state index < -0.39 is 0 Å². The molecule has 1 aliphatic rings. The number of halogens is 1. The molecular weight excluding hydrogens is 276 g/mol. The summed E-state index contributed by atoms with van der Waals surface area (Å²) in [5.41, 5.74) is 1.37. The van der Waals surface area contributed by atoms with E-state index >= 15 is 0 Å². The van der Waals surface area contributed by atoms with E-state index in [1.165, 1.54) is 36.4 Å². The predicted molar refractivity (Wildman–Crippen MR) is 84.1 cm³/mol. The zero-order valence-corrected chi connectivity index (χ0v) is 13.8. The molecule has 0 unspecified atom stereocenters. The number of hydrogen-bond donors (Lipinski definition) is 1. The SMILES string of the molecule is CC(C)(C)c1csc(CNCC2CCC(Cl)CC2)n1. The van der Waals surface area contributed by atoms with Crippen molar-refractivity contribution < 1.29 is 0 Å². The summed E-state index contributed by atoms with van der Waals surface area (Å²) in [6.07, 6.45) is 4.90. The Hall–Kier alpha value is -0.120. The van der Waals surface area contributed by atoms with Crippen LogP contribution in [0.5, 0.6) is 0 Å². The molecule has 1 saturated carbocycles. The molecule has 1 N–H and O–H groups in total. The van der Waals surface area contributed by atoms with Gasteiger partial charge >= 0.3 is 0 Å². The number of aromatic nitrogens is 1. The van der Waals surface area contributed by atoms with E-state index in [1.807, 2.05) is 0 Å². The number of nitrogens with one attached hydrogen (secondary N) is 1. The van der Waals surface area contributed by atoms with Gasteiger partial charge in [0.1, 0.15) is 5.01 Å². The molecule has 108 valence electrons. The van der Waals surface area contributed by atoms with Crippen molar-refractivity contribution in [3.05, 3.63) is 16.1 Å². The topological polar surface area (TPSA) is 24.9 Å². The van der Waals surface area contributed by atoms with Gasteiger partial charge in [-0.15, -0.1) is 22.9 Å². The smallest absolute Gasteiger partial charge is 0.107 e. The summed E-state index contributed by atoms with van der Waals surface area (Å²) in [4.78, 5) is 4.71. The monoisotopic (exact) mass is 300 g/mol. The maximum Gasteiger partial charge on any atom is 0.107 e. The zero-order valence-electron chi connectivity index (χ0n) is 12.2. The first kappa shape index (κ1) is 15.3. The van der Waals surface area contributed by atoms with Gasteiger partial charge < -0.3 is 5.32 Å². The molecule has 1 aromatic rings. The van der Waals surface area contributed by atoms with Crippen molar-refractivity contribution in [1.29, 1.82) is 0 Å². The van der Waals surface area contributed by atoms with Crippen molar-refractivity contribution in [2.24, 2.45) is 5.92 Å². The number of hydrogen-bond acceptors (Lipinski definition) is 3. The van der Waals surface area contributed by atoms with Gasteiger partial charge in [-0.1, -0.05) is 20.8 Å². The second-order valence-corrected chi connectivity index (χ2v) is 8.19. The molecule has 1 fully saturated rings. The van der Waals surface area contributed by atoms with Gasteiger partial charge in [-0.3, -0.25) is 0 Å². The number of thiazole rings is 1. The molecule has 0 atom stereocenters. The van der Waals surface area contributed by atoms with Crippen molar-refractivity contribution in [3.8, 4) is 0 Å². The van der Waals surface area contributed by atoms with Crippen LogP contribution in [0, 0.1) is 5.92 Å². The van der Waals surface area contributed by atoms with Crippen LogP contribution < -0.4 is 5.32 Å². The summed E-state index contributed by atoms with van der Waals surface area (Å²) < 4.78 is 0. The Morgan fingerprint density at radius 3 is 2.58 bits per heavy atom. The normalized spacial score (nSPS) is 24.6. The Labute approximate surface area is 126 Å². The van der Waals surface area contributed by atoms with E-state index in [0.29, 0.717) is 5.38 Å². The molecule has 1 aliphatic carbocycles. The largest absolute Gasteiger partial charge is 0.310 e. The van der Waals surface area contributed by atoms with Gasteiger partial charge in [0.15, 0.2) is 0 Å². The van der Waals surface area contributed by atoms with Crippen molar-refractivity contribution in [3.63, 3.8) is 0 Å². The molecule has 0 bridgehead atoms. The van der Waals surface area contributed by atoms with Crippen LogP contribution in [0.25, 0.3) is 0 Å². The molecule has 2 rings (SSSR count). The van der Waals surface area contributed by atoms with Crippen molar-refractivity contribution in [2.75, 3.05) is 6.54 Å². The third-order valence-electron chi connectivity index (χ3n) is 3.81. The molecule has 2 nitrogen and oxygen atoms in total. The van der Waals surface area contributed by atoms with Crippen LogP contribution in [0.4, 0.5) is 0 Å². The summed E-state index contributed by atoms with van der Waals surface area (Å²) in [7, 11) is 0. The van der Waals surface area contributed by atoms with Crippen LogP contribution in [0.1, 0.15) is 57.2 Å². The van der Waals surface area contributed by atoms with E-state index in [2.05, 4.69) is 31.5 Å². The average Bonchev–Trinajstić information content (AvgIpc) is 2.80. The highest BCUT2D eigenvalue weighted by Crippen LogP contribution is 2.27. The zero-order chi connectivity index (χ0) is 13.9. The van der Waals surface area contributed by atoms with Crippen LogP contribution in [-0.2, 0) is 12.0 Å². The molecule has 19 heavy (non-hydrogen) atoms. The number of rotatable bonds is 4. The fraction of sp³-hybridized carbons (Fsp3) is 0.800. The Morgan fingerprint density at radius 1 is 1.32 bits per heavy atom. The third-order valence-corrected chi connectivity index (χ3v) is 5.09. The van der Waals surface area contributed by atoms with Crippen LogP contribution in [0.15, 0.2) is 5.38 Å². The van der Waals surface area contributed by atoms with Gasteiger partial charge in [-0.05, 0) is 38.1 Å². The van der Waals surface area contributed by atoms with Crippen LogP contribution >= 0.6 is 22.9 Å². The van der Waals surface area contributed by atoms with E-state index in [-0.39, 0.29) is 5.41 Å². The highest BCUT2D eigenvalue weighted by molar-refractivity contribution is 7.09. The molecule has 0 aromatic carbocycles. The first-order valence-corrected chi connectivity index (χ1v) is 8.56. The summed E-state index contributed by atoms with van der Waals surface area (Å²) in [6, 6.07) is 0. The lowest BCUT2D eigenvalue weighted by Crippen LogP contribution is -2.26.